The quantitative estimate of drug-likeness (QED) is 0.536. The maximum atomic E-state index is 8.59. The van der Waals surface area contributed by atoms with E-state index in [1.165, 1.54) is 0 Å². The van der Waals surface area contributed by atoms with E-state index in [-0.39, 0.29) is 23.5 Å². The van der Waals surface area contributed by atoms with E-state index in [1.807, 2.05) is 20.8 Å². The van der Waals surface area contributed by atoms with Crippen LogP contribution in [-0.4, -0.2) is 22.7 Å². The van der Waals surface area contributed by atoms with Crippen LogP contribution in [0.4, 0.5) is 0 Å². The molecule has 0 aliphatic heterocycles. The minimum absolute atomic E-state index is 0. The molecule has 0 aromatic rings. The van der Waals surface area contributed by atoms with Gasteiger partial charge in [-0.2, -0.15) is 0 Å². The van der Waals surface area contributed by atoms with Crippen LogP contribution >= 0.6 is 0 Å². The maximum absolute atomic E-state index is 8.59. The van der Waals surface area contributed by atoms with Crippen LogP contribution < -0.4 is 5.73 Å². The Kier molecular flexibility index (Phi) is 4.95. The highest BCUT2D eigenvalue weighted by molar-refractivity contribution is 4.77. The van der Waals surface area contributed by atoms with Crippen molar-refractivity contribution in [3.8, 4) is 0 Å². The fraction of sp³-hybridized carbons (Fsp3) is 1.00. The predicted molar refractivity (Wildman–Crippen MR) is 38.1 cm³/mol. The van der Waals surface area contributed by atoms with E-state index in [4.69, 9.17) is 10.8 Å². The fourth-order valence-corrected chi connectivity index (χ4v) is 0.235. The average Bonchev–Trinajstić information content (AvgIpc) is 1.62. The van der Waals surface area contributed by atoms with Crippen molar-refractivity contribution in [3.63, 3.8) is 0 Å². The number of aliphatic hydroxyl groups excluding tert-OH is 1. The van der Waals surface area contributed by atoms with Gasteiger partial charge in [0.25, 0.3) is 0 Å². The Bertz CT molecular complexity index is 67.9. The second kappa shape index (κ2) is 3.82. The van der Waals surface area contributed by atoms with Crippen molar-refractivity contribution in [1.82, 2.24) is 0 Å². The SMILES string of the molecule is CC(CO)C(C)(C)N.O. The first-order valence-electron chi connectivity index (χ1n) is 2.88. The number of aliphatic hydroxyl groups is 1. The van der Waals surface area contributed by atoms with Crippen molar-refractivity contribution in [2.24, 2.45) is 11.7 Å². The molecule has 0 rings (SSSR count). The molecule has 0 aliphatic rings. The molecule has 0 aromatic heterocycles. The van der Waals surface area contributed by atoms with Gasteiger partial charge < -0.3 is 16.3 Å². The molecule has 0 aromatic carbocycles. The van der Waals surface area contributed by atoms with E-state index in [9.17, 15) is 0 Å². The highest BCUT2D eigenvalue weighted by atomic mass is 16.3. The largest absolute Gasteiger partial charge is 0.412 e. The van der Waals surface area contributed by atoms with Gasteiger partial charge in [-0.3, -0.25) is 0 Å². The Morgan fingerprint density at radius 1 is 1.56 bits per heavy atom. The summed E-state index contributed by atoms with van der Waals surface area (Å²) in [6, 6.07) is 0. The van der Waals surface area contributed by atoms with Crippen molar-refractivity contribution >= 4 is 0 Å². The molecule has 3 heteroatoms. The summed E-state index contributed by atoms with van der Waals surface area (Å²) in [5, 5.41) is 8.59. The average molecular weight is 135 g/mol. The zero-order valence-corrected chi connectivity index (χ0v) is 6.31. The van der Waals surface area contributed by atoms with E-state index < -0.39 is 0 Å². The summed E-state index contributed by atoms with van der Waals surface area (Å²) >= 11 is 0. The molecule has 0 aliphatic carbocycles. The van der Waals surface area contributed by atoms with E-state index >= 15 is 0 Å². The van der Waals surface area contributed by atoms with Gasteiger partial charge in [-0.1, -0.05) is 6.92 Å². The molecule has 0 fully saturated rings. The van der Waals surface area contributed by atoms with Crippen LogP contribution in [0, 0.1) is 5.92 Å². The number of nitrogens with two attached hydrogens (primary N) is 1. The molecule has 0 amide bonds. The van der Waals surface area contributed by atoms with Crippen LogP contribution in [0.1, 0.15) is 20.8 Å². The first kappa shape index (κ1) is 11.6. The van der Waals surface area contributed by atoms with Crippen molar-refractivity contribution in [2.75, 3.05) is 6.61 Å². The van der Waals surface area contributed by atoms with E-state index in [2.05, 4.69) is 0 Å². The van der Waals surface area contributed by atoms with Gasteiger partial charge in [0, 0.05) is 12.1 Å². The summed E-state index contributed by atoms with van der Waals surface area (Å²) in [7, 11) is 0. The molecule has 0 heterocycles. The van der Waals surface area contributed by atoms with Gasteiger partial charge in [-0.15, -0.1) is 0 Å². The van der Waals surface area contributed by atoms with E-state index in [1.54, 1.807) is 0 Å². The summed E-state index contributed by atoms with van der Waals surface area (Å²) < 4.78 is 0. The molecule has 5 N–H and O–H groups in total. The van der Waals surface area contributed by atoms with Crippen molar-refractivity contribution < 1.29 is 10.6 Å². The lowest BCUT2D eigenvalue weighted by Crippen LogP contribution is -2.40. The Hall–Kier alpha value is -0.120. The lowest BCUT2D eigenvalue weighted by Gasteiger charge is -2.24. The smallest absolute Gasteiger partial charge is 0.0473 e. The Morgan fingerprint density at radius 2 is 1.89 bits per heavy atom. The third-order valence-corrected chi connectivity index (χ3v) is 1.54. The van der Waals surface area contributed by atoms with Crippen molar-refractivity contribution in [3.05, 3.63) is 0 Å². The Balaban J connectivity index is 0. The minimum atomic E-state index is -0.241. The zero-order valence-electron chi connectivity index (χ0n) is 6.31. The fourth-order valence-electron chi connectivity index (χ4n) is 0.235. The monoisotopic (exact) mass is 135 g/mol. The van der Waals surface area contributed by atoms with Gasteiger partial charge in [0.05, 0.1) is 0 Å². The van der Waals surface area contributed by atoms with Crippen LogP contribution in [0.5, 0.6) is 0 Å². The van der Waals surface area contributed by atoms with Crippen LogP contribution in [0.25, 0.3) is 0 Å². The second-order valence-corrected chi connectivity index (χ2v) is 2.90. The van der Waals surface area contributed by atoms with Crippen LogP contribution in [-0.2, 0) is 0 Å². The first-order valence-corrected chi connectivity index (χ1v) is 2.88. The molecule has 9 heavy (non-hydrogen) atoms. The van der Waals surface area contributed by atoms with Crippen LogP contribution in [0.2, 0.25) is 0 Å². The summed E-state index contributed by atoms with van der Waals surface area (Å²) in [5.74, 6) is 0.183. The number of rotatable bonds is 2. The van der Waals surface area contributed by atoms with E-state index in [0.29, 0.717) is 0 Å². The van der Waals surface area contributed by atoms with Crippen LogP contribution in [0.15, 0.2) is 0 Å². The molecule has 0 saturated carbocycles. The zero-order chi connectivity index (χ0) is 6.78. The minimum Gasteiger partial charge on any atom is -0.412 e. The normalized spacial score (nSPS) is 14.3. The Morgan fingerprint density at radius 3 is 1.89 bits per heavy atom. The molecule has 3 nitrogen and oxygen atoms in total. The van der Waals surface area contributed by atoms with E-state index in [0.717, 1.165) is 0 Å². The molecule has 0 radical (unpaired) electrons. The molecular weight excluding hydrogens is 118 g/mol. The van der Waals surface area contributed by atoms with Crippen molar-refractivity contribution in [2.45, 2.75) is 26.3 Å². The van der Waals surface area contributed by atoms with Gasteiger partial charge >= 0.3 is 0 Å². The molecule has 0 bridgehead atoms. The van der Waals surface area contributed by atoms with Crippen molar-refractivity contribution in [1.29, 1.82) is 0 Å². The molecule has 58 valence electrons. The van der Waals surface area contributed by atoms with Gasteiger partial charge in [0.2, 0.25) is 0 Å². The van der Waals surface area contributed by atoms with Gasteiger partial charge in [0.15, 0.2) is 0 Å². The third kappa shape index (κ3) is 4.39. The molecule has 0 saturated heterocycles. The highest BCUT2D eigenvalue weighted by Crippen LogP contribution is 2.10. The summed E-state index contributed by atoms with van der Waals surface area (Å²) in [6.07, 6.45) is 0. The first-order chi connectivity index (χ1) is 3.48. The van der Waals surface area contributed by atoms with Gasteiger partial charge in [-0.05, 0) is 19.8 Å². The molecule has 0 spiro atoms. The second-order valence-electron chi connectivity index (χ2n) is 2.90. The molecule has 1 atom stereocenters. The topological polar surface area (TPSA) is 77.8 Å². The summed E-state index contributed by atoms with van der Waals surface area (Å²) in [6.45, 7) is 5.92. The molecular formula is C6H17NO2. The Labute approximate surface area is 56.2 Å². The summed E-state index contributed by atoms with van der Waals surface area (Å²) in [5.41, 5.74) is 5.39. The van der Waals surface area contributed by atoms with Gasteiger partial charge in [0.1, 0.15) is 0 Å². The maximum Gasteiger partial charge on any atom is 0.0473 e. The lowest BCUT2D eigenvalue weighted by atomic mass is 9.91. The number of hydrogen-bond donors (Lipinski definition) is 2. The number of hydrogen-bond acceptors (Lipinski definition) is 2. The standard InChI is InChI=1S/C6H15NO.H2O/c1-5(4-8)6(2,3)7;/h5,8H,4,7H2,1-3H3;1H2. The predicted octanol–water partition coefficient (Wildman–Crippen LogP) is -0.473. The highest BCUT2D eigenvalue weighted by Gasteiger charge is 2.18. The molecule has 1 unspecified atom stereocenters. The lowest BCUT2D eigenvalue weighted by molar-refractivity contribution is 0.184. The van der Waals surface area contributed by atoms with Gasteiger partial charge in [-0.25, -0.2) is 0 Å². The summed E-state index contributed by atoms with van der Waals surface area (Å²) in [4.78, 5) is 0. The van der Waals surface area contributed by atoms with Crippen LogP contribution in [0.3, 0.4) is 0 Å². The third-order valence-electron chi connectivity index (χ3n) is 1.54.